The summed E-state index contributed by atoms with van der Waals surface area (Å²) in [5, 5.41) is 13.3. The average molecular weight is 389 g/mol. The molecule has 0 saturated heterocycles. The van der Waals surface area contributed by atoms with Crippen LogP contribution < -0.4 is 5.32 Å². The van der Waals surface area contributed by atoms with E-state index in [1.54, 1.807) is 0 Å². The molecule has 2 heterocycles. The maximum atomic E-state index is 12.4. The lowest BCUT2D eigenvalue weighted by atomic mass is 10.2. The van der Waals surface area contributed by atoms with E-state index in [4.69, 9.17) is 4.98 Å². The Morgan fingerprint density at radius 3 is 2.64 bits per heavy atom. The van der Waals surface area contributed by atoms with E-state index < -0.39 is 0 Å². The van der Waals surface area contributed by atoms with Crippen LogP contribution in [0.1, 0.15) is 19.8 Å². The zero-order valence-electron chi connectivity index (χ0n) is 15.4. The minimum Gasteiger partial charge on any atom is -0.352 e. The first kappa shape index (κ1) is 17.2. The molecule has 2 aromatic heterocycles. The third-order valence-electron chi connectivity index (χ3n) is 4.82. The number of carbonyl (C=O) groups is 1. The summed E-state index contributed by atoms with van der Waals surface area (Å²) >= 11 is 1.41. The second kappa shape index (κ2) is 6.91. The second-order valence-corrected chi connectivity index (χ2v) is 8.31. The van der Waals surface area contributed by atoms with Crippen molar-refractivity contribution in [1.82, 2.24) is 24.9 Å². The fourth-order valence-corrected chi connectivity index (χ4v) is 4.03. The van der Waals surface area contributed by atoms with Gasteiger partial charge in [-0.05, 0) is 31.9 Å². The summed E-state index contributed by atoms with van der Waals surface area (Å²) in [6.45, 7) is 1.90. The molecule has 2 aromatic carbocycles. The number of amides is 1. The van der Waals surface area contributed by atoms with Gasteiger partial charge >= 0.3 is 0 Å². The van der Waals surface area contributed by atoms with Crippen molar-refractivity contribution in [1.29, 1.82) is 0 Å². The van der Waals surface area contributed by atoms with Gasteiger partial charge in [-0.2, -0.15) is 0 Å². The summed E-state index contributed by atoms with van der Waals surface area (Å²) in [6.07, 6.45) is 2.15. The van der Waals surface area contributed by atoms with Gasteiger partial charge in [-0.25, -0.2) is 4.98 Å². The Labute approximate surface area is 166 Å². The minimum atomic E-state index is -0.261. The molecule has 1 N–H and O–H groups in total. The van der Waals surface area contributed by atoms with Crippen molar-refractivity contribution in [3.63, 3.8) is 0 Å². The van der Waals surface area contributed by atoms with E-state index in [1.807, 2.05) is 65.9 Å². The fraction of sp³-hybridized carbons (Fsp3) is 0.238. The highest BCUT2D eigenvalue weighted by atomic mass is 32.2. The normalized spacial score (nSPS) is 15.0. The molecule has 28 heavy (non-hydrogen) atoms. The number of para-hydroxylation sites is 1. The Hall–Kier alpha value is -2.93. The molecule has 1 aliphatic rings. The van der Waals surface area contributed by atoms with E-state index in [2.05, 4.69) is 15.5 Å². The Bertz CT molecular complexity index is 1170. The average Bonchev–Trinajstić information content (AvgIpc) is 3.45. The first-order valence-electron chi connectivity index (χ1n) is 9.37. The van der Waals surface area contributed by atoms with Gasteiger partial charge in [0.1, 0.15) is 5.82 Å². The van der Waals surface area contributed by atoms with Crippen LogP contribution in [0, 0.1) is 0 Å². The largest absolute Gasteiger partial charge is 0.352 e. The van der Waals surface area contributed by atoms with Gasteiger partial charge in [0.05, 0.1) is 10.8 Å². The lowest BCUT2D eigenvalue weighted by Crippen LogP contribution is -2.32. The van der Waals surface area contributed by atoms with Crippen LogP contribution in [-0.4, -0.2) is 36.8 Å². The molecule has 1 atom stereocenters. The molecular formula is C21H19N5OS. The van der Waals surface area contributed by atoms with Crippen LogP contribution in [0.4, 0.5) is 0 Å². The molecule has 1 fully saturated rings. The number of rotatable bonds is 5. The van der Waals surface area contributed by atoms with Crippen molar-refractivity contribution in [3.8, 4) is 11.4 Å². The van der Waals surface area contributed by atoms with Crippen LogP contribution in [0.5, 0.6) is 0 Å². The fourth-order valence-electron chi connectivity index (χ4n) is 3.17. The van der Waals surface area contributed by atoms with Gasteiger partial charge < -0.3 is 5.32 Å². The third-order valence-corrected chi connectivity index (χ3v) is 5.87. The molecule has 1 amide bonds. The highest BCUT2D eigenvalue weighted by molar-refractivity contribution is 8.00. The maximum absolute atomic E-state index is 12.4. The second-order valence-electron chi connectivity index (χ2n) is 7.00. The number of hydrogen-bond donors (Lipinski definition) is 1. The molecular weight excluding hydrogens is 370 g/mol. The van der Waals surface area contributed by atoms with Gasteiger partial charge in [0, 0.05) is 17.0 Å². The van der Waals surface area contributed by atoms with Crippen LogP contribution in [0.3, 0.4) is 0 Å². The molecule has 140 valence electrons. The summed E-state index contributed by atoms with van der Waals surface area (Å²) in [5.41, 5.74) is 2.61. The quantitative estimate of drug-likeness (QED) is 0.527. The molecule has 1 saturated carbocycles. The van der Waals surface area contributed by atoms with Gasteiger partial charge in [0.2, 0.25) is 5.91 Å². The lowest BCUT2D eigenvalue weighted by molar-refractivity contribution is -0.120. The molecule has 0 aliphatic heterocycles. The summed E-state index contributed by atoms with van der Waals surface area (Å²) in [4.78, 5) is 17.3. The number of nitrogens with one attached hydrogen (secondary N) is 1. The predicted molar refractivity (Wildman–Crippen MR) is 110 cm³/mol. The minimum absolute atomic E-state index is 0.0410. The summed E-state index contributed by atoms with van der Waals surface area (Å²) < 4.78 is 1.96. The van der Waals surface area contributed by atoms with E-state index in [0.29, 0.717) is 11.2 Å². The zero-order valence-corrected chi connectivity index (χ0v) is 16.2. The van der Waals surface area contributed by atoms with Crippen molar-refractivity contribution in [2.75, 3.05) is 0 Å². The van der Waals surface area contributed by atoms with Crippen LogP contribution in [0.2, 0.25) is 0 Å². The van der Waals surface area contributed by atoms with E-state index in [9.17, 15) is 4.79 Å². The topological polar surface area (TPSA) is 72.2 Å². The smallest absolute Gasteiger partial charge is 0.233 e. The standard InChI is InChI=1S/C21H19N5OS/c1-13(20(27)22-15-11-12-15)28-21-25-24-19-16-9-5-6-10-17(16)23-18(26(19)21)14-7-3-2-4-8-14/h2-10,13,15H,11-12H2,1H3,(H,22,27). The number of carbonyl (C=O) groups excluding carboxylic acids is 1. The van der Waals surface area contributed by atoms with E-state index in [-0.39, 0.29) is 11.2 Å². The third kappa shape index (κ3) is 3.11. The molecule has 0 spiro atoms. The number of nitrogens with zero attached hydrogens (tertiary/aromatic N) is 4. The molecule has 1 aliphatic carbocycles. The maximum Gasteiger partial charge on any atom is 0.233 e. The number of benzene rings is 2. The van der Waals surface area contributed by atoms with Crippen LogP contribution >= 0.6 is 11.8 Å². The molecule has 1 unspecified atom stereocenters. The highest BCUT2D eigenvalue weighted by Gasteiger charge is 2.27. The monoisotopic (exact) mass is 389 g/mol. The Kier molecular flexibility index (Phi) is 4.24. The molecule has 5 rings (SSSR count). The predicted octanol–water partition coefficient (Wildman–Crippen LogP) is 3.70. The van der Waals surface area contributed by atoms with Crippen LogP contribution in [0.25, 0.3) is 27.9 Å². The Balaban J connectivity index is 1.63. The lowest BCUT2D eigenvalue weighted by Gasteiger charge is -2.12. The summed E-state index contributed by atoms with van der Waals surface area (Å²) in [6, 6.07) is 18.3. The SMILES string of the molecule is CC(Sc1nnc2c3ccccc3nc(-c3ccccc3)n12)C(=O)NC1CC1. The van der Waals surface area contributed by atoms with E-state index in [1.165, 1.54) is 11.8 Å². The molecule has 4 aromatic rings. The molecule has 6 nitrogen and oxygen atoms in total. The van der Waals surface area contributed by atoms with Crippen molar-refractivity contribution in [2.45, 2.75) is 36.2 Å². The number of fused-ring (bicyclic) bond motifs is 3. The van der Waals surface area contributed by atoms with Gasteiger partial charge in [-0.1, -0.05) is 54.2 Å². The van der Waals surface area contributed by atoms with Crippen molar-refractivity contribution < 1.29 is 4.79 Å². The van der Waals surface area contributed by atoms with Crippen molar-refractivity contribution >= 4 is 34.2 Å². The van der Waals surface area contributed by atoms with Crippen molar-refractivity contribution in [3.05, 3.63) is 54.6 Å². The van der Waals surface area contributed by atoms with Gasteiger partial charge in [-0.3, -0.25) is 9.20 Å². The summed E-state index contributed by atoms with van der Waals surface area (Å²) in [5.74, 6) is 0.816. The Morgan fingerprint density at radius 1 is 1.11 bits per heavy atom. The number of hydrogen-bond acceptors (Lipinski definition) is 5. The Morgan fingerprint density at radius 2 is 1.86 bits per heavy atom. The highest BCUT2D eigenvalue weighted by Crippen LogP contribution is 2.31. The van der Waals surface area contributed by atoms with Gasteiger partial charge in [0.15, 0.2) is 10.8 Å². The number of thioether (sulfide) groups is 1. The van der Waals surface area contributed by atoms with Gasteiger partial charge in [-0.15, -0.1) is 10.2 Å². The van der Waals surface area contributed by atoms with Crippen LogP contribution in [0.15, 0.2) is 59.8 Å². The number of aromatic nitrogens is 4. The molecule has 7 heteroatoms. The van der Waals surface area contributed by atoms with E-state index in [0.717, 1.165) is 40.8 Å². The van der Waals surface area contributed by atoms with Crippen LogP contribution in [-0.2, 0) is 4.79 Å². The zero-order chi connectivity index (χ0) is 19.1. The van der Waals surface area contributed by atoms with Gasteiger partial charge in [0.25, 0.3) is 0 Å². The first-order valence-corrected chi connectivity index (χ1v) is 10.2. The summed E-state index contributed by atoms with van der Waals surface area (Å²) in [7, 11) is 0. The van der Waals surface area contributed by atoms with E-state index >= 15 is 0 Å². The van der Waals surface area contributed by atoms with Crippen molar-refractivity contribution in [2.24, 2.45) is 0 Å². The first-order chi connectivity index (χ1) is 13.7. The molecule has 0 bridgehead atoms. The molecule has 0 radical (unpaired) electrons.